The maximum absolute atomic E-state index is 12.6. The maximum atomic E-state index is 12.6. The number of hydrogen-bond donors (Lipinski definition) is 4. The lowest BCUT2D eigenvalue weighted by Gasteiger charge is -2.32. The quantitative estimate of drug-likeness (QED) is 0.221. The minimum absolute atomic E-state index is 0.0637. The van der Waals surface area contributed by atoms with Crippen molar-refractivity contribution < 1.29 is 29.3 Å². The Morgan fingerprint density at radius 3 is 2.49 bits per heavy atom. The predicted molar refractivity (Wildman–Crippen MR) is 165 cm³/mol. The van der Waals surface area contributed by atoms with Crippen LogP contribution in [0.3, 0.4) is 0 Å². The Labute approximate surface area is 251 Å². The Balaban J connectivity index is 1.26. The first-order valence-corrected chi connectivity index (χ1v) is 14.4. The van der Waals surface area contributed by atoms with E-state index in [1.807, 2.05) is 12.1 Å². The van der Waals surface area contributed by atoms with Crippen molar-refractivity contribution in [1.82, 2.24) is 10.2 Å². The number of carbonyl (C=O) groups is 3. The van der Waals surface area contributed by atoms with Crippen molar-refractivity contribution in [2.75, 3.05) is 38.1 Å². The van der Waals surface area contributed by atoms with Gasteiger partial charge in [-0.2, -0.15) is 0 Å². The normalized spacial score (nSPS) is 19.2. The smallest absolute Gasteiger partial charge is 0.334 e. The molecule has 1 saturated heterocycles. The van der Waals surface area contributed by atoms with E-state index in [1.54, 1.807) is 38.1 Å². The number of aliphatic imine (C=N–C) groups is 1. The molecule has 4 N–H and O–H groups in total. The monoisotopic (exact) mass is 586 g/mol. The second-order valence-electron chi connectivity index (χ2n) is 10.9. The highest BCUT2D eigenvalue weighted by Crippen LogP contribution is 2.39. The van der Waals surface area contributed by atoms with Crippen molar-refractivity contribution in [3.63, 3.8) is 0 Å². The number of urea groups is 1. The molecule has 0 radical (unpaired) electrons. The van der Waals surface area contributed by atoms with Crippen LogP contribution in [-0.4, -0.2) is 71.6 Å². The Morgan fingerprint density at radius 1 is 1.07 bits per heavy atom. The van der Waals surface area contributed by atoms with Crippen LogP contribution in [0.25, 0.3) is 0 Å². The predicted octanol–water partition coefficient (Wildman–Crippen LogP) is 4.71. The zero-order valence-electron chi connectivity index (χ0n) is 24.5. The van der Waals surface area contributed by atoms with E-state index in [-0.39, 0.29) is 23.9 Å². The van der Waals surface area contributed by atoms with Crippen LogP contribution in [0.4, 0.5) is 10.5 Å². The third-order valence-electron chi connectivity index (χ3n) is 8.00. The summed E-state index contributed by atoms with van der Waals surface area (Å²) < 4.78 is 5.56. The topological polar surface area (TPSA) is 141 Å². The van der Waals surface area contributed by atoms with E-state index >= 15 is 0 Å². The highest BCUT2D eigenvalue weighted by Gasteiger charge is 2.41. The Bertz CT molecular complexity index is 1450. The molecule has 2 aliphatic rings. The third-order valence-corrected chi connectivity index (χ3v) is 8.00. The summed E-state index contributed by atoms with van der Waals surface area (Å²) >= 11 is 0. The number of nitrogens with one attached hydrogen (secondary N) is 2. The van der Waals surface area contributed by atoms with E-state index in [9.17, 15) is 24.6 Å². The Morgan fingerprint density at radius 2 is 1.79 bits per heavy atom. The second kappa shape index (κ2) is 14.5. The fourth-order valence-electron chi connectivity index (χ4n) is 5.96. The minimum atomic E-state index is -1.22. The molecule has 2 heterocycles. The van der Waals surface area contributed by atoms with Gasteiger partial charge in [-0.1, -0.05) is 30.2 Å². The summed E-state index contributed by atoms with van der Waals surface area (Å²) in [5, 5.41) is 25.4. The molecule has 0 bridgehead atoms. The molecule has 10 heteroatoms. The number of carboxylic acids is 2. The molecule has 2 unspecified atom stereocenters. The Kier molecular flexibility index (Phi) is 10.6. The highest BCUT2D eigenvalue weighted by atomic mass is 16.5. The van der Waals surface area contributed by atoms with Gasteiger partial charge >= 0.3 is 18.0 Å². The van der Waals surface area contributed by atoms with Gasteiger partial charge in [-0.05, 0) is 94.1 Å². The van der Waals surface area contributed by atoms with Gasteiger partial charge in [-0.3, -0.25) is 9.79 Å². The van der Waals surface area contributed by atoms with Crippen molar-refractivity contribution in [3.05, 3.63) is 70.9 Å². The van der Waals surface area contributed by atoms with Gasteiger partial charge in [0.25, 0.3) is 0 Å². The molecule has 2 aromatic carbocycles. The summed E-state index contributed by atoms with van der Waals surface area (Å²) in [5.41, 5.74) is 2.73. The number of allylic oxidation sites excluding steroid dienone is 1. The first kappa shape index (κ1) is 31.3. The lowest BCUT2D eigenvalue weighted by Crippen LogP contribution is -2.36. The van der Waals surface area contributed by atoms with Crippen molar-refractivity contribution in [2.24, 2.45) is 10.9 Å². The van der Waals surface area contributed by atoms with Crippen molar-refractivity contribution in [1.29, 1.82) is 0 Å². The van der Waals surface area contributed by atoms with Crippen LogP contribution < -0.4 is 15.4 Å². The first-order chi connectivity index (χ1) is 20.7. The molecular weight excluding hydrogens is 548 g/mol. The molecule has 10 nitrogen and oxygen atoms in total. The molecule has 1 fully saturated rings. The molecular formula is C33H38N4O6. The molecule has 0 saturated carbocycles. The molecule has 2 aliphatic heterocycles. The van der Waals surface area contributed by atoms with Crippen LogP contribution in [0.2, 0.25) is 0 Å². The molecule has 0 spiro atoms. The lowest BCUT2D eigenvalue weighted by molar-refractivity contribution is -0.140. The third kappa shape index (κ3) is 8.02. The molecule has 43 heavy (non-hydrogen) atoms. The molecule has 2 atom stereocenters. The molecule has 0 aromatic heterocycles. The minimum Gasteiger partial charge on any atom is -0.481 e. The highest BCUT2D eigenvalue weighted by molar-refractivity contribution is 6.06. The van der Waals surface area contributed by atoms with Gasteiger partial charge in [0, 0.05) is 29.6 Å². The zero-order valence-corrected chi connectivity index (χ0v) is 24.5. The summed E-state index contributed by atoms with van der Waals surface area (Å²) in [7, 11) is 0. The zero-order chi connectivity index (χ0) is 30.9. The van der Waals surface area contributed by atoms with Gasteiger partial charge in [0.05, 0.1) is 5.57 Å². The number of carbonyl (C=O) groups excluding carboxylic acids is 1. The number of rotatable bonds is 11. The van der Waals surface area contributed by atoms with E-state index < -0.39 is 23.8 Å². The largest absolute Gasteiger partial charge is 0.481 e. The fourth-order valence-corrected chi connectivity index (χ4v) is 5.96. The van der Waals surface area contributed by atoms with Crippen molar-refractivity contribution in [3.8, 4) is 18.1 Å². The number of nitrogens with zero attached hydrogens (tertiary/aromatic N) is 2. The van der Waals surface area contributed by atoms with Gasteiger partial charge < -0.3 is 30.5 Å². The van der Waals surface area contributed by atoms with Gasteiger partial charge in [0.1, 0.15) is 18.3 Å². The fraction of sp³-hybridized carbons (Fsp3) is 0.394. The van der Waals surface area contributed by atoms with Crippen LogP contribution in [0.15, 0.2) is 64.8 Å². The SMILES string of the molecule is C#CCOc1cccc(C2CCN(CCCNC(=O)Nc3cccc(C4C(C(=O)O)=C(C)N=C(C)C4C(=O)O)c3)CC2)c1. The summed E-state index contributed by atoms with van der Waals surface area (Å²) in [4.78, 5) is 43.3. The summed E-state index contributed by atoms with van der Waals surface area (Å²) in [6, 6.07) is 14.4. The number of anilines is 1. The van der Waals surface area contributed by atoms with Gasteiger partial charge in [0.15, 0.2) is 0 Å². The van der Waals surface area contributed by atoms with Crippen molar-refractivity contribution >= 4 is 29.4 Å². The average Bonchev–Trinajstić information content (AvgIpc) is 2.98. The number of piperidine rings is 1. The average molecular weight is 587 g/mol. The van der Waals surface area contributed by atoms with Crippen molar-refractivity contribution in [2.45, 2.75) is 44.9 Å². The van der Waals surface area contributed by atoms with Crippen LogP contribution in [0.5, 0.6) is 5.75 Å². The molecule has 4 rings (SSSR count). The number of likely N-dealkylation sites (tertiary alicyclic amines) is 1. The van der Waals surface area contributed by atoms with Gasteiger partial charge in [-0.15, -0.1) is 6.42 Å². The summed E-state index contributed by atoms with van der Waals surface area (Å²) in [6.45, 7) is 6.73. The molecule has 2 amide bonds. The standard InChI is InChI=1S/C33H38N4O6/c1-4-18-43-27-11-6-8-24(20-27)23-12-16-37(17-13-23)15-7-14-34-33(42)36-26-10-5-9-25(19-26)30-28(31(38)39)21(2)35-22(3)29(30)32(40)41/h1,5-6,8-11,19-20,23,28,30H,7,12-18H2,2-3H3,(H,38,39)(H,40,41)(H2,34,36,42). The summed E-state index contributed by atoms with van der Waals surface area (Å²) in [6.07, 6.45) is 8.19. The number of aliphatic carboxylic acids is 2. The molecule has 0 aliphatic carbocycles. The number of hydrogen-bond acceptors (Lipinski definition) is 6. The van der Waals surface area contributed by atoms with Crippen LogP contribution in [0.1, 0.15) is 56.1 Å². The molecule has 226 valence electrons. The maximum Gasteiger partial charge on any atom is 0.334 e. The first-order valence-electron chi connectivity index (χ1n) is 14.4. The number of benzene rings is 2. The van der Waals surface area contributed by atoms with E-state index in [1.165, 1.54) is 5.56 Å². The number of terminal acetylenes is 1. The van der Waals surface area contributed by atoms with Crippen LogP contribution in [0, 0.1) is 18.3 Å². The van der Waals surface area contributed by atoms with Gasteiger partial charge in [-0.25, -0.2) is 9.59 Å². The Hall–Kier alpha value is -4.62. The number of ether oxygens (including phenoxy) is 1. The van der Waals surface area contributed by atoms with E-state index in [0.717, 1.165) is 44.6 Å². The van der Waals surface area contributed by atoms with E-state index in [2.05, 4.69) is 38.6 Å². The summed E-state index contributed by atoms with van der Waals surface area (Å²) in [5.74, 6) is -0.664. The second-order valence-corrected chi connectivity index (χ2v) is 10.9. The van der Waals surface area contributed by atoms with E-state index in [0.29, 0.717) is 29.4 Å². The van der Waals surface area contributed by atoms with E-state index in [4.69, 9.17) is 11.2 Å². The number of amides is 2. The molecule has 2 aromatic rings. The van der Waals surface area contributed by atoms with Crippen LogP contribution in [-0.2, 0) is 9.59 Å². The number of carboxylic acid groups (broad SMARTS) is 2. The van der Waals surface area contributed by atoms with Gasteiger partial charge in [0.2, 0.25) is 0 Å². The van der Waals surface area contributed by atoms with Crippen LogP contribution >= 0.6 is 0 Å². The lowest BCUT2D eigenvalue weighted by atomic mass is 9.75.